The zero-order chi connectivity index (χ0) is 18.8. The van der Waals surface area contributed by atoms with Crippen LogP contribution >= 0.6 is 11.6 Å². The fraction of sp³-hybridized carbons (Fsp3) is 0.211. The van der Waals surface area contributed by atoms with Crippen molar-refractivity contribution in [2.45, 2.75) is 26.2 Å². The lowest BCUT2D eigenvalue weighted by atomic mass is 10.1. The van der Waals surface area contributed by atoms with E-state index in [2.05, 4.69) is 11.9 Å². The summed E-state index contributed by atoms with van der Waals surface area (Å²) in [5, 5.41) is 19.0. The van der Waals surface area contributed by atoms with E-state index < -0.39 is 11.9 Å². The average molecular weight is 373 g/mol. The molecular weight excluding hydrogens is 356 g/mol. The van der Waals surface area contributed by atoms with Crippen molar-refractivity contribution < 1.29 is 19.8 Å². The standard InChI is InChI=1S/C19H17ClN2O4/c1-2-3-4-16-21-15-10-12(20)9-14(19(25)26)17(15)22(16)13-7-5-11(6-8-13)18(23)24/h5-10H,2-4H2,1H3,(H,23,24)(H,25,26). The highest BCUT2D eigenvalue weighted by Crippen LogP contribution is 2.29. The Morgan fingerprint density at radius 3 is 2.38 bits per heavy atom. The van der Waals surface area contributed by atoms with E-state index in [9.17, 15) is 14.7 Å². The van der Waals surface area contributed by atoms with Gasteiger partial charge in [-0.15, -0.1) is 0 Å². The van der Waals surface area contributed by atoms with Crippen molar-refractivity contribution in [2.75, 3.05) is 0 Å². The fourth-order valence-corrected chi connectivity index (χ4v) is 3.13. The molecule has 7 heteroatoms. The average Bonchev–Trinajstić information content (AvgIpc) is 2.96. The first-order valence-corrected chi connectivity index (χ1v) is 8.58. The molecule has 0 atom stereocenters. The molecule has 0 radical (unpaired) electrons. The summed E-state index contributed by atoms with van der Waals surface area (Å²) in [6.45, 7) is 2.06. The SMILES string of the molecule is CCCCc1nc2cc(Cl)cc(C(=O)O)c2n1-c1ccc(C(=O)O)cc1. The molecule has 0 fully saturated rings. The number of imidazole rings is 1. The lowest BCUT2D eigenvalue weighted by Crippen LogP contribution is -2.06. The van der Waals surface area contributed by atoms with Crippen LogP contribution in [-0.4, -0.2) is 31.7 Å². The maximum atomic E-state index is 11.7. The van der Waals surface area contributed by atoms with Crippen LogP contribution in [0.1, 0.15) is 46.3 Å². The van der Waals surface area contributed by atoms with Gasteiger partial charge in [0.05, 0.1) is 22.2 Å². The van der Waals surface area contributed by atoms with Gasteiger partial charge in [-0.2, -0.15) is 0 Å². The Morgan fingerprint density at radius 2 is 1.81 bits per heavy atom. The summed E-state index contributed by atoms with van der Waals surface area (Å²) >= 11 is 6.06. The Morgan fingerprint density at radius 1 is 1.12 bits per heavy atom. The van der Waals surface area contributed by atoms with Gasteiger partial charge in [0, 0.05) is 17.1 Å². The van der Waals surface area contributed by atoms with Gasteiger partial charge in [0.25, 0.3) is 0 Å². The summed E-state index contributed by atoms with van der Waals surface area (Å²) in [5.41, 5.74) is 1.84. The zero-order valence-corrected chi connectivity index (χ0v) is 14.8. The lowest BCUT2D eigenvalue weighted by molar-refractivity contribution is 0.0687. The molecule has 3 rings (SSSR count). The predicted octanol–water partition coefficient (Wildman–Crippen LogP) is 4.42. The number of hydrogen-bond donors (Lipinski definition) is 2. The number of fused-ring (bicyclic) bond motifs is 1. The summed E-state index contributed by atoms with van der Waals surface area (Å²) in [6, 6.07) is 9.33. The number of halogens is 1. The van der Waals surface area contributed by atoms with Gasteiger partial charge < -0.3 is 10.2 Å². The molecule has 2 aromatic carbocycles. The van der Waals surface area contributed by atoms with Crippen molar-refractivity contribution in [1.29, 1.82) is 0 Å². The predicted molar refractivity (Wildman–Crippen MR) is 98.6 cm³/mol. The molecule has 0 aliphatic heterocycles. The molecule has 2 N–H and O–H groups in total. The van der Waals surface area contributed by atoms with Crippen LogP contribution in [0.15, 0.2) is 36.4 Å². The molecule has 0 unspecified atom stereocenters. The fourth-order valence-electron chi connectivity index (χ4n) is 2.92. The molecule has 6 nitrogen and oxygen atoms in total. The molecular formula is C19H17ClN2O4. The highest BCUT2D eigenvalue weighted by Gasteiger charge is 2.20. The van der Waals surface area contributed by atoms with Crippen LogP contribution in [0.4, 0.5) is 0 Å². The number of benzene rings is 2. The Bertz CT molecular complexity index is 993. The third kappa shape index (κ3) is 3.28. The molecule has 1 heterocycles. The second-order valence-electron chi connectivity index (χ2n) is 5.95. The van der Waals surface area contributed by atoms with Crippen LogP contribution in [0.5, 0.6) is 0 Å². The third-order valence-electron chi connectivity index (χ3n) is 4.14. The molecule has 0 aliphatic rings. The van der Waals surface area contributed by atoms with Gasteiger partial charge in [0.1, 0.15) is 5.82 Å². The second kappa shape index (κ2) is 7.17. The van der Waals surface area contributed by atoms with Gasteiger partial charge in [-0.25, -0.2) is 14.6 Å². The number of hydrogen-bond acceptors (Lipinski definition) is 3. The molecule has 26 heavy (non-hydrogen) atoms. The number of rotatable bonds is 6. The normalized spacial score (nSPS) is 11.0. The topological polar surface area (TPSA) is 92.4 Å². The van der Waals surface area contributed by atoms with E-state index >= 15 is 0 Å². The Kier molecular flexibility index (Phi) is 4.95. The van der Waals surface area contributed by atoms with Gasteiger partial charge in [-0.1, -0.05) is 24.9 Å². The van der Waals surface area contributed by atoms with Crippen molar-refractivity contribution in [3.63, 3.8) is 0 Å². The largest absolute Gasteiger partial charge is 0.478 e. The summed E-state index contributed by atoms with van der Waals surface area (Å²) in [7, 11) is 0. The van der Waals surface area contributed by atoms with E-state index in [-0.39, 0.29) is 11.1 Å². The molecule has 134 valence electrons. The number of aryl methyl sites for hydroxylation is 1. The van der Waals surface area contributed by atoms with Crippen molar-refractivity contribution in [1.82, 2.24) is 9.55 Å². The minimum atomic E-state index is -1.09. The lowest BCUT2D eigenvalue weighted by Gasteiger charge is -2.11. The molecule has 0 aliphatic carbocycles. The Hall–Kier alpha value is -2.86. The van der Waals surface area contributed by atoms with Crippen LogP contribution in [0.3, 0.4) is 0 Å². The summed E-state index contributed by atoms with van der Waals surface area (Å²) in [6.07, 6.45) is 2.53. The zero-order valence-electron chi connectivity index (χ0n) is 14.1. The summed E-state index contributed by atoms with van der Waals surface area (Å²) in [4.78, 5) is 27.4. The highest BCUT2D eigenvalue weighted by atomic mass is 35.5. The Balaban J connectivity index is 2.29. The van der Waals surface area contributed by atoms with Crippen LogP contribution in [0.25, 0.3) is 16.7 Å². The van der Waals surface area contributed by atoms with Crippen LogP contribution < -0.4 is 0 Å². The summed E-state index contributed by atoms with van der Waals surface area (Å²) < 4.78 is 1.77. The van der Waals surface area contributed by atoms with Crippen LogP contribution in [0, 0.1) is 0 Å². The molecule has 0 spiro atoms. The van der Waals surface area contributed by atoms with Crippen LogP contribution in [0.2, 0.25) is 5.02 Å². The smallest absolute Gasteiger partial charge is 0.337 e. The number of nitrogens with zero attached hydrogens (tertiary/aromatic N) is 2. The van der Waals surface area contributed by atoms with Crippen molar-refractivity contribution in [2.24, 2.45) is 0 Å². The van der Waals surface area contributed by atoms with E-state index in [1.807, 2.05) is 0 Å². The summed E-state index contributed by atoms with van der Waals surface area (Å²) in [5.74, 6) is -1.39. The van der Waals surface area contributed by atoms with E-state index in [0.29, 0.717) is 28.2 Å². The number of carboxylic acids is 2. The van der Waals surface area contributed by atoms with Crippen molar-refractivity contribution in [3.8, 4) is 5.69 Å². The van der Waals surface area contributed by atoms with Gasteiger partial charge in [0.15, 0.2) is 0 Å². The first-order valence-electron chi connectivity index (χ1n) is 8.20. The second-order valence-corrected chi connectivity index (χ2v) is 6.38. The van der Waals surface area contributed by atoms with Crippen molar-refractivity contribution >= 4 is 34.6 Å². The van der Waals surface area contributed by atoms with Gasteiger partial charge >= 0.3 is 11.9 Å². The molecule has 3 aromatic rings. The maximum absolute atomic E-state index is 11.7. The number of aromatic carboxylic acids is 2. The molecule has 1 aromatic heterocycles. The first-order chi connectivity index (χ1) is 12.4. The van der Waals surface area contributed by atoms with Gasteiger partial charge in [-0.3, -0.25) is 4.57 Å². The van der Waals surface area contributed by atoms with E-state index in [1.54, 1.807) is 22.8 Å². The minimum absolute atomic E-state index is 0.0602. The van der Waals surface area contributed by atoms with E-state index in [0.717, 1.165) is 18.7 Å². The Labute approximate surface area is 154 Å². The number of unbranched alkanes of at least 4 members (excludes halogenated alkanes) is 1. The third-order valence-corrected chi connectivity index (χ3v) is 4.36. The first kappa shape index (κ1) is 17.9. The number of aromatic nitrogens is 2. The van der Waals surface area contributed by atoms with Crippen molar-refractivity contribution in [3.05, 3.63) is 58.4 Å². The number of carbonyl (C=O) groups is 2. The molecule has 0 bridgehead atoms. The minimum Gasteiger partial charge on any atom is -0.478 e. The molecule has 0 saturated carbocycles. The number of carboxylic acid groups (broad SMARTS) is 2. The highest BCUT2D eigenvalue weighted by molar-refractivity contribution is 6.32. The van der Waals surface area contributed by atoms with Gasteiger partial charge in [-0.05, 0) is 42.8 Å². The van der Waals surface area contributed by atoms with E-state index in [4.69, 9.17) is 16.7 Å². The molecule has 0 amide bonds. The molecule has 0 saturated heterocycles. The quantitative estimate of drug-likeness (QED) is 0.668. The van der Waals surface area contributed by atoms with Crippen LogP contribution in [-0.2, 0) is 6.42 Å². The maximum Gasteiger partial charge on any atom is 0.337 e. The van der Waals surface area contributed by atoms with Gasteiger partial charge in [0.2, 0.25) is 0 Å². The van der Waals surface area contributed by atoms with E-state index in [1.165, 1.54) is 18.2 Å². The monoisotopic (exact) mass is 372 g/mol.